The van der Waals surface area contributed by atoms with Gasteiger partial charge in [0.2, 0.25) is 10.0 Å². The van der Waals surface area contributed by atoms with E-state index in [1.165, 1.54) is 31.2 Å². The third kappa shape index (κ3) is 7.17. The molecule has 0 aliphatic rings. The molecule has 0 atom stereocenters. The molecule has 0 fully saturated rings. The molecule has 0 saturated heterocycles. The van der Waals surface area contributed by atoms with Crippen LogP contribution in [0.4, 0.5) is 11.4 Å². The van der Waals surface area contributed by atoms with Crippen LogP contribution >= 0.6 is 0 Å². The van der Waals surface area contributed by atoms with Gasteiger partial charge in [0.25, 0.3) is 15.8 Å². The molecule has 0 aliphatic heterocycles. The molecule has 0 unspecified atom stereocenters. The van der Waals surface area contributed by atoms with E-state index in [-0.39, 0.29) is 30.3 Å². The minimum Gasteiger partial charge on any atom is -0.497 e. The van der Waals surface area contributed by atoms with Crippen molar-refractivity contribution < 1.29 is 30.7 Å². The zero-order valence-electron chi connectivity index (χ0n) is 17.1. The van der Waals surface area contributed by atoms with E-state index in [0.29, 0.717) is 11.3 Å². The highest BCUT2D eigenvalue weighted by Gasteiger charge is 2.23. The number of nitrogens with zero attached hydrogens (tertiary/aromatic N) is 2. The highest BCUT2D eigenvalue weighted by Crippen LogP contribution is 2.30. The highest BCUT2D eigenvalue weighted by atomic mass is 32.2. The first kappa shape index (κ1) is 24.5. The normalized spacial score (nSPS) is 11.8. The molecule has 2 rings (SSSR count). The highest BCUT2D eigenvalue weighted by molar-refractivity contribution is 7.89. The lowest BCUT2D eigenvalue weighted by atomic mass is 10.2. The van der Waals surface area contributed by atoms with Gasteiger partial charge in [-0.25, -0.2) is 13.1 Å². The smallest absolute Gasteiger partial charge is 0.293 e. The van der Waals surface area contributed by atoms with Gasteiger partial charge in [0.05, 0.1) is 29.8 Å². The zero-order chi connectivity index (χ0) is 23.2. The first-order valence-electron chi connectivity index (χ1n) is 8.89. The second-order valence-corrected chi connectivity index (χ2v) is 9.94. The standard InChI is InChI=1S/C18H23N3O8S2/c1-20(10-11-29-30(3,24)25)17-9-8-16(12-18(17)21(22)23)31(26,27)19-13-14-4-6-15(28-2)7-5-14/h4-9,12,19H,10-11,13H2,1-3H3. The zero-order valence-corrected chi connectivity index (χ0v) is 18.8. The fourth-order valence-corrected chi connectivity index (χ4v) is 4.01. The number of hydrogen-bond donors (Lipinski definition) is 1. The molecular formula is C18H23N3O8S2. The number of rotatable bonds is 11. The van der Waals surface area contributed by atoms with Crippen molar-refractivity contribution in [3.8, 4) is 5.75 Å². The topological polar surface area (TPSA) is 145 Å². The number of nitrogens with one attached hydrogen (secondary N) is 1. The molecule has 0 amide bonds. The summed E-state index contributed by atoms with van der Waals surface area (Å²) in [6, 6.07) is 10.3. The van der Waals surface area contributed by atoms with Crippen molar-refractivity contribution in [3.05, 3.63) is 58.1 Å². The van der Waals surface area contributed by atoms with Gasteiger partial charge in [-0.15, -0.1) is 0 Å². The number of ether oxygens (including phenoxy) is 1. The fraction of sp³-hybridized carbons (Fsp3) is 0.333. The summed E-state index contributed by atoms with van der Waals surface area (Å²) >= 11 is 0. The van der Waals surface area contributed by atoms with Crippen molar-refractivity contribution in [3.63, 3.8) is 0 Å². The van der Waals surface area contributed by atoms with Gasteiger partial charge in [0.1, 0.15) is 11.4 Å². The van der Waals surface area contributed by atoms with Crippen LogP contribution in [0.25, 0.3) is 0 Å². The molecule has 13 heteroatoms. The van der Waals surface area contributed by atoms with E-state index in [2.05, 4.69) is 8.91 Å². The first-order valence-corrected chi connectivity index (χ1v) is 12.2. The summed E-state index contributed by atoms with van der Waals surface area (Å²) in [6.07, 6.45) is 0.897. The third-order valence-corrected chi connectivity index (χ3v) is 6.21. The number of benzene rings is 2. The van der Waals surface area contributed by atoms with Crippen LogP contribution in [0.2, 0.25) is 0 Å². The number of likely N-dealkylation sites (N-methyl/N-ethyl adjacent to an activating group) is 1. The molecule has 2 aromatic carbocycles. The number of nitro benzene ring substituents is 1. The van der Waals surface area contributed by atoms with Crippen LogP contribution in [0, 0.1) is 10.1 Å². The second kappa shape index (κ2) is 10.0. The van der Waals surface area contributed by atoms with Crippen LogP contribution in [-0.4, -0.2) is 55.3 Å². The molecule has 0 radical (unpaired) electrons. The minimum atomic E-state index is -4.02. The molecule has 0 heterocycles. The summed E-state index contributed by atoms with van der Waals surface area (Å²) in [5.74, 6) is 0.629. The maximum atomic E-state index is 12.6. The molecule has 0 bridgehead atoms. The van der Waals surface area contributed by atoms with Crippen molar-refractivity contribution >= 4 is 31.5 Å². The van der Waals surface area contributed by atoms with Gasteiger partial charge in [-0.3, -0.25) is 14.3 Å². The molecule has 0 aromatic heterocycles. The lowest BCUT2D eigenvalue weighted by Crippen LogP contribution is -2.25. The number of anilines is 1. The van der Waals surface area contributed by atoms with Crippen molar-refractivity contribution in [2.24, 2.45) is 0 Å². The molecule has 170 valence electrons. The summed E-state index contributed by atoms with van der Waals surface area (Å²) in [5.41, 5.74) is 0.367. The van der Waals surface area contributed by atoms with Gasteiger partial charge >= 0.3 is 0 Å². The quantitative estimate of drug-likeness (QED) is 0.291. The molecule has 0 spiro atoms. The van der Waals surface area contributed by atoms with Crippen LogP contribution < -0.4 is 14.4 Å². The van der Waals surface area contributed by atoms with E-state index in [1.807, 2.05) is 0 Å². The number of methoxy groups -OCH3 is 1. The molecule has 2 aromatic rings. The summed E-state index contributed by atoms with van der Waals surface area (Å²) in [7, 11) is -4.64. The predicted molar refractivity (Wildman–Crippen MR) is 114 cm³/mol. The Hall–Kier alpha value is -2.74. The molecule has 0 saturated carbocycles. The van der Waals surface area contributed by atoms with E-state index >= 15 is 0 Å². The predicted octanol–water partition coefficient (Wildman–Crippen LogP) is 1.49. The van der Waals surface area contributed by atoms with Gasteiger partial charge in [-0.05, 0) is 29.8 Å². The van der Waals surface area contributed by atoms with Gasteiger partial charge < -0.3 is 9.64 Å². The maximum Gasteiger partial charge on any atom is 0.293 e. The minimum absolute atomic E-state index is 0.00932. The van der Waals surface area contributed by atoms with E-state index in [0.717, 1.165) is 12.3 Å². The van der Waals surface area contributed by atoms with Crippen LogP contribution in [0.5, 0.6) is 5.75 Å². The van der Waals surface area contributed by atoms with Crippen LogP contribution in [-0.2, 0) is 30.9 Å². The Kier molecular flexibility index (Phi) is 7.95. The van der Waals surface area contributed by atoms with Crippen molar-refractivity contribution in [1.29, 1.82) is 0 Å². The molecule has 11 nitrogen and oxygen atoms in total. The summed E-state index contributed by atoms with van der Waals surface area (Å²) in [4.78, 5) is 11.9. The Labute approximate surface area is 180 Å². The molecule has 0 aliphatic carbocycles. The average molecular weight is 474 g/mol. The van der Waals surface area contributed by atoms with Crippen molar-refractivity contribution in [1.82, 2.24) is 4.72 Å². The molecular weight excluding hydrogens is 450 g/mol. The van der Waals surface area contributed by atoms with Gasteiger partial charge in [-0.2, -0.15) is 8.42 Å². The second-order valence-electron chi connectivity index (χ2n) is 6.53. The van der Waals surface area contributed by atoms with Gasteiger partial charge in [0.15, 0.2) is 0 Å². The van der Waals surface area contributed by atoms with Crippen molar-refractivity contribution in [2.75, 3.05) is 38.5 Å². The summed E-state index contributed by atoms with van der Waals surface area (Å²) in [5, 5.41) is 11.5. The largest absolute Gasteiger partial charge is 0.497 e. The first-order chi connectivity index (χ1) is 14.4. The maximum absolute atomic E-state index is 12.6. The van der Waals surface area contributed by atoms with Gasteiger partial charge in [0, 0.05) is 26.2 Å². The Morgan fingerprint density at radius 1 is 1.10 bits per heavy atom. The van der Waals surface area contributed by atoms with Crippen LogP contribution in [0.3, 0.4) is 0 Å². The van der Waals surface area contributed by atoms with E-state index in [9.17, 15) is 26.9 Å². The lowest BCUT2D eigenvalue weighted by Gasteiger charge is -2.19. The van der Waals surface area contributed by atoms with Gasteiger partial charge in [-0.1, -0.05) is 12.1 Å². The van der Waals surface area contributed by atoms with Crippen molar-refractivity contribution in [2.45, 2.75) is 11.4 Å². The monoisotopic (exact) mass is 473 g/mol. The Morgan fingerprint density at radius 3 is 2.29 bits per heavy atom. The average Bonchev–Trinajstić information content (AvgIpc) is 2.71. The SMILES string of the molecule is COc1ccc(CNS(=O)(=O)c2ccc(N(C)CCOS(C)(=O)=O)c([N+](=O)[O-])c2)cc1. The number of nitro groups is 1. The van der Waals surface area contributed by atoms with Crippen LogP contribution in [0.15, 0.2) is 47.4 Å². The third-order valence-electron chi connectivity index (χ3n) is 4.21. The Morgan fingerprint density at radius 2 is 1.74 bits per heavy atom. The molecule has 31 heavy (non-hydrogen) atoms. The Bertz CT molecular complexity index is 1130. The van der Waals surface area contributed by atoms with E-state index in [4.69, 9.17) is 4.74 Å². The summed E-state index contributed by atoms with van der Waals surface area (Å²) < 4.78 is 59.4. The number of hydrogen-bond acceptors (Lipinski definition) is 9. The fourth-order valence-electron chi connectivity index (χ4n) is 2.59. The molecule has 1 N–H and O–H groups in total. The number of sulfonamides is 1. The van der Waals surface area contributed by atoms with Crippen LogP contribution in [0.1, 0.15) is 5.56 Å². The van der Waals surface area contributed by atoms with E-state index in [1.54, 1.807) is 24.3 Å². The summed E-state index contributed by atoms with van der Waals surface area (Å²) in [6.45, 7) is -0.184. The lowest BCUT2D eigenvalue weighted by molar-refractivity contribution is -0.384. The Balaban J connectivity index is 2.18. The van der Waals surface area contributed by atoms with E-state index < -0.39 is 30.8 Å².